The summed E-state index contributed by atoms with van der Waals surface area (Å²) in [5.74, 6) is 2.79. The number of nitrogens with zero attached hydrogens (tertiary/aromatic N) is 4. The molecule has 4 heterocycles. The number of anilines is 1. The van der Waals surface area contributed by atoms with Crippen LogP contribution in [-0.4, -0.2) is 37.3 Å². The highest BCUT2D eigenvalue weighted by Gasteiger charge is 2.20. The first-order valence-corrected chi connectivity index (χ1v) is 8.20. The van der Waals surface area contributed by atoms with E-state index in [9.17, 15) is 0 Å². The summed E-state index contributed by atoms with van der Waals surface area (Å²) in [6, 6.07) is 0. The van der Waals surface area contributed by atoms with Crippen molar-refractivity contribution in [3.63, 3.8) is 0 Å². The summed E-state index contributed by atoms with van der Waals surface area (Å²) in [6.45, 7) is 2.70. The Bertz CT molecular complexity index is 885. The van der Waals surface area contributed by atoms with Gasteiger partial charge < -0.3 is 19.4 Å². The van der Waals surface area contributed by atoms with Gasteiger partial charge in [0.2, 0.25) is 5.89 Å². The molecule has 0 spiro atoms. The fraction of sp³-hybridized carbons (Fsp3) is 0.267. The maximum atomic E-state index is 9.09. The molecular weight excluding hydrogens is 314 g/mol. The molecule has 23 heavy (non-hydrogen) atoms. The molecule has 0 atom stereocenters. The summed E-state index contributed by atoms with van der Waals surface area (Å²) in [5.41, 5.74) is 1.95. The summed E-state index contributed by atoms with van der Waals surface area (Å²) in [7, 11) is 0. The van der Waals surface area contributed by atoms with Gasteiger partial charge in [-0.25, -0.2) is 15.0 Å². The van der Waals surface area contributed by atoms with Crippen molar-refractivity contribution in [1.82, 2.24) is 19.9 Å². The number of oxazole rings is 1. The van der Waals surface area contributed by atoms with Gasteiger partial charge in [0.25, 0.3) is 0 Å². The Hall–Kier alpha value is -2.32. The summed E-state index contributed by atoms with van der Waals surface area (Å²) >= 11 is 1.70. The molecular formula is C15H15N5O2S. The Morgan fingerprint density at radius 2 is 2.30 bits per heavy atom. The van der Waals surface area contributed by atoms with Gasteiger partial charge >= 0.3 is 0 Å². The van der Waals surface area contributed by atoms with Gasteiger partial charge in [-0.2, -0.15) is 0 Å². The van der Waals surface area contributed by atoms with E-state index in [0.29, 0.717) is 11.7 Å². The van der Waals surface area contributed by atoms with E-state index in [1.165, 1.54) is 0 Å². The van der Waals surface area contributed by atoms with Crippen LogP contribution >= 0.6 is 11.8 Å². The maximum absolute atomic E-state index is 9.09. The molecule has 0 fully saturated rings. The van der Waals surface area contributed by atoms with Gasteiger partial charge in [0.15, 0.2) is 5.76 Å². The zero-order valence-corrected chi connectivity index (χ0v) is 13.3. The Morgan fingerprint density at radius 3 is 3.13 bits per heavy atom. The number of fused-ring (bicyclic) bond motifs is 1. The van der Waals surface area contributed by atoms with Crippen LogP contribution in [0.1, 0.15) is 17.2 Å². The second-order valence-corrected chi connectivity index (χ2v) is 6.34. The number of aliphatic hydroxyl groups is 1. The smallest absolute Gasteiger partial charge is 0.220 e. The van der Waals surface area contributed by atoms with Gasteiger partial charge in [-0.05, 0) is 12.5 Å². The third-order valence-corrected chi connectivity index (χ3v) is 4.72. The van der Waals surface area contributed by atoms with E-state index in [2.05, 4.69) is 24.8 Å². The van der Waals surface area contributed by atoms with Crippen molar-refractivity contribution in [3.05, 3.63) is 42.1 Å². The molecule has 0 aliphatic carbocycles. The average Bonchev–Trinajstić information content (AvgIpc) is 3.22. The van der Waals surface area contributed by atoms with Gasteiger partial charge in [0.05, 0.1) is 16.5 Å². The summed E-state index contributed by atoms with van der Waals surface area (Å²) in [5, 5.41) is 10.1. The summed E-state index contributed by atoms with van der Waals surface area (Å²) < 4.78 is 5.54. The largest absolute Gasteiger partial charge is 0.438 e. The van der Waals surface area contributed by atoms with Gasteiger partial charge in [-0.3, -0.25) is 0 Å². The Balaban J connectivity index is 1.76. The molecule has 1 aliphatic rings. The minimum absolute atomic E-state index is 0.198. The van der Waals surface area contributed by atoms with E-state index in [0.717, 1.165) is 39.6 Å². The van der Waals surface area contributed by atoms with Crippen LogP contribution in [0.25, 0.3) is 15.9 Å². The summed E-state index contributed by atoms with van der Waals surface area (Å²) in [6.07, 6.45) is 7.17. The molecule has 3 aromatic heterocycles. The highest BCUT2D eigenvalue weighted by Crippen LogP contribution is 2.35. The molecule has 0 aromatic carbocycles. The molecule has 2 N–H and O–H groups in total. The van der Waals surface area contributed by atoms with Crippen molar-refractivity contribution >= 4 is 33.5 Å². The maximum Gasteiger partial charge on any atom is 0.220 e. The number of thioether (sulfide) groups is 1. The number of aromatic amines is 1. The first-order valence-electron chi connectivity index (χ1n) is 7.22. The van der Waals surface area contributed by atoms with E-state index < -0.39 is 0 Å². The minimum atomic E-state index is -0.198. The second kappa shape index (κ2) is 5.71. The van der Waals surface area contributed by atoms with E-state index in [-0.39, 0.29) is 6.61 Å². The van der Waals surface area contributed by atoms with E-state index in [4.69, 9.17) is 9.52 Å². The lowest BCUT2D eigenvalue weighted by atomic mass is 10.2. The molecule has 1 aliphatic heterocycles. The molecule has 7 nitrogen and oxygen atoms in total. The molecule has 0 amide bonds. The minimum Gasteiger partial charge on any atom is -0.438 e. The monoisotopic (exact) mass is 329 g/mol. The van der Waals surface area contributed by atoms with Gasteiger partial charge in [0, 0.05) is 24.7 Å². The fourth-order valence-corrected chi connectivity index (χ4v) is 3.56. The fourth-order valence-electron chi connectivity index (χ4n) is 2.61. The predicted octanol–water partition coefficient (Wildman–Crippen LogP) is 2.30. The number of nitrogens with one attached hydrogen (secondary N) is 1. The zero-order chi connectivity index (χ0) is 15.8. The molecule has 8 heteroatoms. The van der Waals surface area contributed by atoms with Crippen molar-refractivity contribution in [1.29, 1.82) is 0 Å². The summed E-state index contributed by atoms with van der Waals surface area (Å²) in [4.78, 5) is 19.0. The average molecular weight is 329 g/mol. The van der Waals surface area contributed by atoms with Crippen LogP contribution < -0.4 is 4.90 Å². The number of rotatable bonds is 3. The standard InChI is InChI=1S/C15H15N5O2S/c1-9-4-17-14-13(9)15(19-8-18-14)20-2-3-23-11(6-20)10-5-16-12(7-21)22-10/h4-6,8,21H,2-3,7H2,1H3,(H,17,18,19). The lowest BCUT2D eigenvalue weighted by molar-refractivity contribution is 0.239. The van der Waals surface area contributed by atoms with Gasteiger partial charge in [-0.1, -0.05) is 0 Å². The lowest BCUT2D eigenvalue weighted by Gasteiger charge is -2.25. The first-order chi connectivity index (χ1) is 11.3. The number of H-pyrrole nitrogens is 1. The zero-order valence-electron chi connectivity index (χ0n) is 12.5. The molecule has 0 saturated heterocycles. The number of aromatic nitrogens is 4. The van der Waals surface area contributed by atoms with Crippen LogP contribution in [0.15, 0.2) is 29.3 Å². The highest BCUT2D eigenvalue weighted by atomic mass is 32.2. The Morgan fingerprint density at radius 1 is 1.39 bits per heavy atom. The van der Waals surface area contributed by atoms with E-state index in [1.807, 2.05) is 19.3 Å². The highest BCUT2D eigenvalue weighted by molar-refractivity contribution is 8.08. The predicted molar refractivity (Wildman–Crippen MR) is 88.8 cm³/mol. The third kappa shape index (κ3) is 2.49. The van der Waals surface area contributed by atoms with Crippen molar-refractivity contribution < 1.29 is 9.52 Å². The molecule has 0 bridgehead atoms. The molecule has 0 saturated carbocycles. The lowest BCUT2D eigenvalue weighted by Crippen LogP contribution is -2.24. The van der Waals surface area contributed by atoms with Crippen molar-refractivity contribution in [3.8, 4) is 0 Å². The quantitative estimate of drug-likeness (QED) is 0.762. The molecule has 0 radical (unpaired) electrons. The van der Waals surface area contributed by atoms with Crippen molar-refractivity contribution in [2.45, 2.75) is 13.5 Å². The van der Waals surface area contributed by atoms with Crippen LogP contribution in [-0.2, 0) is 6.61 Å². The van der Waals surface area contributed by atoms with Crippen LogP contribution in [0, 0.1) is 6.92 Å². The second-order valence-electron chi connectivity index (χ2n) is 5.20. The first kappa shape index (κ1) is 14.3. The van der Waals surface area contributed by atoms with Crippen molar-refractivity contribution in [2.75, 3.05) is 17.2 Å². The van der Waals surface area contributed by atoms with E-state index in [1.54, 1.807) is 24.3 Å². The molecule has 3 aromatic rings. The van der Waals surface area contributed by atoms with Crippen LogP contribution in [0.2, 0.25) is 0 Å². The van der Waals surface area contributed by atoms with Gasteiger partial charge in [0.1, 0.15) is 24.4 Å². The SMILES string of the molecule is Cc1c[nH]c2ncnc(N3C=C(c4cnc(CO)o4)SCC3)c12. The Kier molecular flexibility index (Phi) is 3.55. The molecule has 0 unspecified atom stereocenters. The number of aliphatic hydroxyl groups excluding tert-OH is 1. The van der Waals surface area contributed by atoms with Gasteiger partial charge in [-0.15, -0.1) is 11.8 Å². The number of hydrogen-bond donors (Lipinski definition) is 2. The van der Waals surface area contributed by atoms with Crippen LogP contribution in [0.4, 0.5) is 5.82 Å². The normalized spacial score (nSPS) is 15.2. The number of hydrogen-bond acceptors (Lipinski definition) is 7. The number of aryl methyl sites for hydroxylation is 1. The van der Waals surface area contributed by atoms with Crippen molar-refractivity contribution in [2.24, 2.45) is 0 Å². The van der Waals surface area contributed by atoms with Crippen LogP contribution in [0.3, 0.4) is 0 Å². The third-order valence-electron chi connectivity index (χ3n) is 3.71. The Labute approximate surface area is 136 Å². The molecule has 118 valence electrons. The topological polar surface area (TPSA) is 91.1 Å². The molecule has 4 rings (SSSR count). The van der Waals surface area contributed by atoms with E-state index >= 15 is 0 Å². The van der Waals surface area contributed by atoms with Crippen LogP contribution in [0.5, 0.6) is 0 Å².